The number of rotatable bonds is 1. The van der Waals surface area contributed by atoms with E-state index < -0.39 is 0 Å². The van der Waals surface area contributed by atoms with Gasteiger partial charge < -0.3 is 14.7 Å². The molecule has 3 atom stereocenters. The SMILES string of the molecule is COc1ccc2c(c1O)[C@@]13CCN(C)[C@@H](C2)[C@H]1C=CC(=O)C3. The van der Waals surface area contributed by atoms with Crippen molar-refractivity contribution in [2.75, 3.05) is 20.7 Å². The van der Waals surface area contributed by atoms with Gasteiger partial charge in [0.25, 0.3) is 0 Å². The molecule has 0 amide bonds. The first-order valence-electron chi connectivity index (χ1n) is 7.87. The van der Waals surface area contributed by atoms with Crippen molar-refractivity contribution in [2.24, 2.45) is 5.92 Å². The predicted octanol–water partition coefficient (Wildman–Crippen LogP) is 2.04. The molecule has 3 aliphatic rings. The zero-order valence-corrected chi connectivity index (χ0v) is 13.0. The zero-order chi connectivity index (χ0) is 15.5. The molecular formula is C18H21NO3. The third kappa shape index (κ3) is 1.64. The number of carbonyl (C=O) groups is 1. The maximum absolute atomic E-state index is 12.2. The molecule has 1 saturated heterocycles. The highest BCUT2D eigenvalue weighted by Gasteiger charge is 2.54. The molecule has 1 fully saturated rings. The summed E-state index contributed by atoms with van der Waals surface area (Å²) in [4.78, 5) is 14.6. The molecule has 1 N–H and O–H groups in total. The molecule has 2 aliphatic carbocycles. The van der Waals surface area contributed by atoms with E-state index >= 15 is 0 Å². The molecule has 1 aromatic carbocycles. The Labute approximate surface area is 130 Å². The van der Waals surface area contributed by atoms with Crippen LogP contribution in [0.25, 0.3) is 0 Å². The lowest BCUT2D eigenvalue weighted by atomic mass is 9.53. The Bertz CT molecular complexity index is 681. The second-order valence-electron chi connectivity index (χ2n) is 6.84. The number of likely N-dealkylation sites (N-methyl/N-ethyl adjacent to an activating group) is 1. The fourth-order valence-electron chi connectivity index (χ4n) is 4.84. The summed E-state index contributed by atoms with van der Waals surface area (Å²) in [7, 11) is 3.73. The fourth-order valence-corrected chi connectivity index (χ4v) is 4.84. The van der Waals surface area contributed by atoms with Crippen LogP contribution in [0.4, 0.5) is 0 Å². The van der Waals surface area contributed by atoms with Crippen molar-refractivity contribution >= 4 is 5.78 Å². The van der Waals surface area contributed by atoms with E-state index in [2.05, 4.69) is 24.1 Å². The van der Waals surface area contributed by atoms with Gasteiger partial charge in [0.05, 0.1) is 7.11 Å². The van der Waals surface area contributed by atoms with Crippen LogP contribution in [0.5, 0.6) is 11.5 Å². The van der Waals surface area contributed by atoms with E-state index in [4.69, 9.17) is 4.74 Å². The summed E-state index contributed by atoms with van der Waals surface area (Å²) >= 11 is 0. The van der Waals surface area contributed by atoms with Crippen molar-refractivity contribution in [3.05, 3.63) is 35.4 Å². The number of aromatic hydroxyl groups is 1. The summed E-state index contributed by atoms with van der Waals surface area (Å²) in [5.41, 5.74) is 1.85. The number of ether oxygens (including phenoxy) is 1. The van der Waals surface area contributed by atoms with Gasteiger partial charge in [-0.2, -0.15) is 0 Å². The summed E-state index contributed by atoms with van der Waals surface area (Å²) < 4.78 is 5.31. The van der Waals surface area contributed by atoms with E-state index in [9.17, 15) is 9.90 Å². The predicted molar refractivity (Wildman–Crippen MR) is 83.3 cm³/mol. The lowest BCUT2D eigenvalue weighted by Gasteiger charge is -2.56. The minimum absolute atomic E-state index is 0.162. The van der Waals surface area contributed by atoms with Gasteiger partial charge in [0.15, 0.2) is 17.3 Å². The number of ketones is 1. The number of allylic oxidation sites excluding steroid dienone is 1. The first-order valence-corrected chi connectivity index (χ1v) is 7.87. The molecule has 0 saturated carbocycles. The third-order valence-electron chi connectivity index (χ3n) is 5.88. The monoisotopic (exact) mass is 299 g/mol. The van der Waals surface area contributed by atoms with Gasteiger partial charge in [-0.25, -0.2) is 0 Å². The molecule has 4 rings (SSSR count). The molecule has 4 heteroatoms. The van der Waals surface area contributed by atoms with Crippen molar-refractivity contribution in [1.29, 1.82) is 0 Å². The fraction of sp³-hybridized carbons (Fsp3) is 0.500. The topological polar surface area (TPSA) is 49.8 Å². The lowest BCUT2D eigenvalue weighted by molar-refractivity contribution is -0.118. The molecule has 116 valence electrons. The quantitative estimate of drug-likeness (QED) is 0.862. The number of benzene rings is 1. The van der Waals surface area contributed by atoms with Gasteiger partial charge in [-0.1, -0.05) is 12.1 Å². The number of carbonyl (C=O) groups excluding carboxylic acids is 1. The number of piperidine rings is 1. The number of nitrogens with zero attached hydrogens (tertiary/aromatic N) is 1. The van der Waals surface area contributed by atoms with E-state index in [1.807, 2.05) is 6.07 Å². The van der Waals surface area contributed by atoms with Crippen molar-refractivity contribution < 1.29 is 14.6 Å². The van der Waals surface area contributed by atoms with E-state index in [-0.39, 0.29) is 22.9 Å². The number of likely N-dealkylation sites (tertiary alicyclic amines) is 1. The Morgan fingerprint density at radius 2 is 2.23 bits per heavy atom. The standard InChI is InChI=1S/C18H21NO3/c1-19-8-7-18-10-12(20)4-5-13(18)14(19)9-11-3-6-15(22-2)17(21)16(11)18/h3-6,13-14,21H,7-10H2,1-2H3/t13-,14+,18-/m1/s1. The molecule has 0 aromatic heterocycles. The normalized spacial score (nSPS) is 33.3. The number of phenolic OH excluding ortho intramolecular Hbond substituents is 1. The number of hydrogen-bond donors (Lipinski definition) is 1. The van der Waals surface area contributed by atoms with E-state index in [0.717, 1.165) is 30.5 Å². The summed E-state index contributed by atoms with van der Waals surface area (Å²) in [5.74, 6) is 1.19. The summed E-state index contributed by atoms with van der Waals surface area (Å²) in [6.07, 6.45) is 6.11. The molecular weight excluding hydrogens is 278 g/mol. The smallest absolute Gasteiger partial charge is 0.161 e. The van der Waals surface area contributed by atoms with Crippen molar-refractivity contribution in [3.8, 4) is 11.5 Å². The Morgan fingerprint density at radius 1 is 1.41 bits per heavy atom. The maximum atomic E-state index is 12.2. The van der Waals surface area contributed by atoms with Gasteiger partial charge in [-0.05, 0) is 44.1 Å². The van der Waals surface area contributed by atoms with E-state index in [1.54, 1.807) is 13.2 Å². The van der Waals surface area contributed by atoms with Crippen molar-refractivity contribution in [2.45, 2.75) is 30.7 Å². The number of methoxy groups -OCH3 is 1. The summed E-state index contributed by atoms with van der Waals surface area (Å²) in [6.45, 7) is 0.957. The van der Waals surface area contributed by atoms with Crippen LogP contribution in [0.15, 0.2) is 24.3 Å². The van der Waals surface area contributed by atoms with Crippen molar-refractivity contribution in [3.63, 3.8) is 0 Å². The highest BCUT2D eigenvalue weighted by molar-refractivity contribution is 5.92. The van der Waals surface area contributed by atoms with Crippen LogP contribution in [0.2, 0.25) is 0 Å². The van der Waals surface area contributed by atoms with Gasteiger partial charge in [-0.3, -0.25) is 4.79 Å². The van der Waals surface area contributed by atoms with Gasteiger partial charge in [0.2, 0.25) is 0 Å². The highest BCUT2D eigenvalue weighted by atomic mass is 16.5. The molecule has 1 aromatic rings. The van der Waals surface area contributed by atoms with Gasteiger partial charge in [0.1, 0.15) is 0 Å². The second kappa shape index (κ2) is 4.59. The molecule has 0 radical (unpaired) electrons. The van der Waals surface area contributed by atoms with Crippen molar-refractivity contribution in [1.82, 2.24) is 4.90 Å². The largest absolute Gasteiger partial charge is 0.504 e. The van der Waals surface area contributed by atoms with Crippen LogP contribution < -0.4 is 4.74 Å². The third-order valence-corrected chi connectivity index (χ3v) is 5.88. The average molecular weight is 299 g/mol. The van der Waals surface area contributed by atoms with Crippen LogP contribution in [0.1, 0.15) is 24.0 Å². The first-order chi connectivity index (χ1) is 10.6. The van der Waals surface area contributed by atoms with E-state index in [0.29, 0.717) is 18.2 Å². The number of phenols is 1. The molecule has 1 aliphatic heterocycles. The lowest BCUT2D eigenvalue weighted by Crippen LogP contribution is -2.59. The molecule has 0 spiro atoms. The Morgan fingerprint density at radius 3 is 3.00 bits per heavy atom. The molecule has 2 bridgehead atoms. The van der Waals surface area contributed by atoms with Crippen LogP contribution in [-0.4, -0.2) is 42.5 Å². The zero-order valence-electron chi connectivity index (χ0n) is 13.0. The second-order valence-corrected chi connectivity index (χ2v) is 6.84. The molecule has 22 heavy (non-hydrogen) atoms. The Balaban J connectivity index is 1.98. The van der Waals surface area contributed by atoms with Crippen LogP contribution in [0, 0.1) is 5.92 Å². The molecule has 4 nitrogen and oxygen atoms in total. The van der Waals surface area contributed by atoms with Gasteiger partial charge in [0, 0.05) is 29.4 Å². The molecule has 0 unspecified atom stereocenters. The number of hydrogen-bond acceptors (Lipinski definition) is 4. The maximum Gasteiger partial charge on any atom is 0.161 e. The van der Waals surface area contributed by atoms with Crippen LogP contribution >= 0.6 is 0 Å². The Hall–Kier alpha value is -1.81. The minimum atomic E-state index is -0.269. The van der Waals surface area contributed by atoms with E-state index in [1.165, 1.54) is 0 Å². The average Bonchev–Trinajstić information content (AvgIpc) is 2.50. The highest BCUT2D eigenvalue weighted by Crippen LogP contribution is 2.56. The Kier molecular flexibility index (Phi) is 2.89. The summed E-state index contributed by atoms with van der Waals surface area (Å²) in [6, 6.07) is 4.29. The van der Waals surface area contributed by atoms with Crippen LogP contribution in [0.3, 0.4) is 0 Å². The van der Waals surface area contributed by atoms with Gasteiger partial charge >= 0.3 is 0 Å². The number of fused-ring (bicyclic) bond motifs is 1. The summed E-state index contributed by atoms with van der Waals surface area (Å²) in [5, 5.41) is 10.8. The van der Waals surface area contributed by atoms with Crippen LogP contribution in [-0.2, 0) is 16.6 Å². The first kappa shape index (κ1) is 13.8. The van der Waals surface area contributed by atoms with Gasteiger partial charge in [-0.15, -0.1) is 0 Å². The minimum Gasteiger partial charge on any atom is -0.504 e. The molecule has 1 heterocycles.